The molecule has 6 heteroatoms. The SMILES string of the molecule is Clc1ncnc(Sc2cccs2)c1Br. The molecule has 0 unspecified atom stereocenters. The first-order chi connectivity index (χ1) is 6.77. The monoisotopic (exact) mass is 306 g/mol. The van der Waals surface area contributed by atoms with E-state index in [2.05, 4.69) is 25.9 Å². The second kappa shape index (κ2) is 4.61. The van der Waals surface area contributed by atoms with Crippen LogP contribution in [0.2, 0.25) is 5.15 Å². The Balaban J connectivity index is 2.29. The first-order valence-corrected chi connectivity index (χ1v) is 6.51. The number of halogens is 2. The lowest BCUT2D eigenvalue weighted by Gasteiger charge is -2.00. The zero-order valence-corrected chi connectivity index (χ0v) is 10.8. The molecule has 14 heavy (non-hydrogen) atoms. The summed E-state index contributed by atoms with van der Waals surface area (Å²) in [5, 5.41) is 3.31. The number of thiophene rings is 1. The molecule has 0 aliphatic carbocycles. The lowest BCUT2D eigenvalue weighted by molar-refractivity contribution is 1.03. The molecule has 2 rings (SSSR count). The maximum Gasteiger partial charge on any atom is 0.147 e. The Morgan fingerprint density at radius 2 is 2.29 bits per heavy atom. The molecule has 0 bridgehead atoms. The van der Waals surface area contributed by atoms with Gasteiger partial charge in [0.25, 0.3) is 0 Å². The number of aromatic nitrogens is 2. The normalized spacial score (nSPS) is 10.4. The molecule has 2 nitrogen and oxygen atoms in total. The van der Waals surface area contributed by atoms with Crippen molar-refractivity contribution in [2.75, 3.05) is 0 Å². The van der Waals surface area contributed by atoms with Crippen molar-refractivity contribution in [2.24, 2.45) is 0 Å². The lowest BCUT2D eigenvalue weighted by Crippen LogP contribution is -1.85. The summed E-state index contributed by atoms with van der Waals surface area (Å²) >= 11 is 12.4. The van der Waals surface area contributed by atoms with Crippen molar-refractivity contribution in [1.82, 2.24) is 9.97 Å². The first-order valence-electron chi connectivity index (χ1n) is 3.64. The van der Waals surface area contributed by atoms with E-state index in [1.807, 2.05) is 17.5 Å². The zero-order chi connectivity index (χ0) is 9.97. The Hall–Kier alpha value is -0.100. The maximum absolute atomic E-state index is 5.85. The van der Waals surface area contributed by atoms with E-state index in [1.165, 1.54) is 10.5 Å². The van der Waals surface area contributed by atoms with Crippen LogP contribution in [0.5, 0.6) is 0 Å². The highest BCUT2D eigenvalue weighted by Gasteiger charge is 2.08. The number of nitrogens with zero attached hydrogens (tertiary/aromatic N) is 2. The number of hydrogen-bond acceptors (Lipinski definition) is 4. The van der Waals surface area contributed by atoms with Crippen LogP contribution >= 0.6 is 50.6 Å². The van der Waals surface area contributed by atoms with E-state index in [4.69, 9.17) is 11.6 Å². The average Bonchev–Trinajstić information content (AvgIpc) is 2.66. The Labute approximate surface area is 103 Å². The van der Waals surface area contributed by atoms with Crippen molar-refractivity contribution in [3.8, 4) is 0 Å². The van der Waals surface area contributed by atoms with Crippen LogP contribution in [-0.2, 0) is 0 Å². The van der Waals surface area contributed by atoms with Crippen molar-refractivity contribution in [2.45, 2.75) is 9.24 Å². The van der Waals surface area contributed by atoms with Gasteiger partial charge in [0.05, 0.1) is 8.68 Å². The fraction of sp³-hybridized carbons (Fsp3) is 0. The molecule has 72 valence electrons. The van der Waals surface area contributed by atoms with Crippen LogP contribution in [0, 0.1) is 0 Å². The smallest absolute Gasteiger partial charge is 0.147 e. The largest absolute Gasteiger partial charge is 0.228 e. The second-order valence-electron chi connectivity index (χ2n) is 2.32. The van der Waals surface area contributed by atoms with Crippen LogP contribution in [0.1, 0.15) is 0 Å². The van der Waals surface area contributed by atoms with Gasteiger partial charge in [-0.15, -0.1) is 11.3 Å². The molecule has 0 atom stereocenters. The molecule has 0 saturated carbocycles. The molecule has 0 saturated heterocycles. The Kier molecular flexibility index (Phi) is 3.43. The summed E-state index contributed by atoms with van der Waals surface area (Å²) in [4.78, 5) is 8.01. The summed E-state index contributed by atoms with van der Waals surface area (Å²) in [6.07, 6.45) is 1.46. The summed E-state index contributed by atoms with van der Waals surface area (Å²) in [5.74, 6) is 0. The summed E-state index contributed by atoms with van der Waals surface area (Å²) in [7, 11) is 0. The molecule has 0 N–H and O–H groups in total. The standard InChI is InChI=1S/C8H4BrClN2S2/c9-6-7(10)11-4-12-8(6)14-5-2-1-3-13-5/h1-4H. The van der Waals surface area contributed by atoms with Crippen molar-refractivity contribution in [1.29, 1.82) is 0 Å². The molecule has 0 amide bonds. The highest BCUT2D eigenvalue weighted by atomic mass is 79.9. The van der Waals surface area contributed by atoms with Crippen molar-refractivity contribution in [3.63, 3.8) is 0 Å². The van der Waals surface area contributed by atoms with Gasteiger partial charge < -0.3 is 0 Å². The summed E-state index contributed by atoms with van der Waals surface area (Å²) in [5.41, 5.74) is 0. The van der Waals surface area contributed by atoms with E-state index in [1.54, 1.807) is 23.1 Å². The van der Waals surface area contributed by atoms with E-state index < -0.39 is 0 Å². The highest BCUT2D eigenvalue weighted by Crippen LogP contribution is 2.36. The van der Waals surface area contributed by atoms with Gasteiger partial charge in [-0.25, -0.2) is 9.97 Å². The molecule has 0 spiro atoms. The van der Waals surface area contributed by atoms with Crippen molar-refractivity contribution < 1.29 is 0 Å². The molecule has 2 aromatic heterocycles. The van der Waals surface area contributed by atoms with Crippen LogP contribution in [0.15, 0.2) is 37.5 Å². The van der Waals surface area contributed by atoms with Gasteiger partial charge in [0.2, 0.25) is 0 Å². The van der Waals surface area contributed by atoms with Crippen molar-refractivity contribution >= 4 is 50.6 Å². The van der Waals surface area contributed by atoms with Crippen LogP contribution in [0.4, 0.5) is 0 Å². The van der Waals surface area contributed by atoms with Crippen LogP contribution in [0.3, 0.4) is 0 Å². The molecule has 2 heterocycles. The predicted octanol–water partition coefficient (Wildman–Crippen LogP) is 4.11. The third-order valence-corrected chi connectivity index (χ3v) is 4.98. The maximum atomic E-state index is 5.85. The van der Waals surface area contributed by atoms with E-state index in [-0.39, 0.29) is 0 Å². The van der Waals surface area contributed by atoms with Gasteiger partial charge in [0, 0.05) is 0 Å². The van der Waals surface area contributed by atoms with Gasteiger partial charge in [-0.05, 0) is 27.4 Å². The van der Waals surface area contributed by atoms with E-state index >= 15 is 0 Å². The number of hydrogen-bond donors (Lipinski definition) is 0. The Bertz CT molecular complexity index is 433. The molecule has 0 aliphatic heterocycles. The van der Waals surface area contributed by atoms with Crippen molar-refractivity contribution in [3.05, 3.63) is 33.5 Å². The van der Waals surface area contributed by atoms with Crippen LogP contribution in [-0.4, -0.2) is 9.97 Å². The topological polar surface area (TPSA) is 25.8 Å². The molecular weight excluding hydrogens is 304 g/mol. The molecule has 2 aromatic rings. The number of rotatable bonds is 2. The van der Waals surface area contributed by atoms with Crippen LogP contribution < -0.4 is 0 Å². The van der Waals surface area contributed by atoms with Gasteiger partial charge in [-0.2, -0.15) is 0 Å². The quantitative estimate of drug-likeness (QED) is 0.781. The summed E-state index contributed by atoms with van der Waals surface area (Å²) in [6, 6.07) is 4.04. The minimum Gasteiger partial charge on any atom is -0.228 e. The van der Waals surface area contributed by atoms with E-state index in [9.17, 15) is 0 Å². The molecule has 0 fully saturated rings. The van der Waals surface area contributed by atoms with Gasteiger partial charge in [0.1, 0.15) is 16.5 Å². The average molecular weight is 308 g/mol. The lowest BCUT2D eigenvalue weighted by atomic mass is 10.7. The van der Waals surface area contributed by atoms with Gasteiger partial charge in [-0.1, -0.05) is 29.4 Å². The molecule has 0 aromatic carbocycles. The molecular formula is C8H4BrClN2S2. The fourth-order valence-electron chi connectivity index (χ4n) is 0.822. The molecule has 0 aliphatic rings. The summed E-state index contributed by atoms with van der Waals surface area (Å²) < 4.78 is 1.93. The third kappa shape index (κ3) is 2.28. The van der Waals surface area contributed by atoms with Gasteiger partial charge in [-0.3, -0.25) is 0 Å². The van der Waals surface area contributed by atoms with E-state index in [0.29, 0.717) is 5.15 Å². The molecule has 0 radical (unpaired) electrons. The van der Waals surface area contributed by atoms with Gasteiger partial charge in [0.15, 0.2) is 0 Å². The van der Waals surface area contributed by atoms with Gasteiger partial charge >= 0.3 is 0 Å². The fourth-order valence-corrected chi connectivity index (χ4v) is 3.13. The zero-order valence-electron chi connectivity index (χ0n) is 6.78. The minimum absolute atomic E-state index is 0.444. The summed E-state index contributed by atoms with van der Waals surface area (Å²) in [6.45, 7) is 0. The van der Waals surface area contributed by atoms with Crippen LogP contribution in [0.25, 0.3) is 0 Å². The Morgan fingerprint density at radius 1 is 1.43 bits per heavy atom. The third-order valence-electron chi connectivity index (χ3n) is 1.41. The highest BCUT2D eigenvalue weighted by molar-refractivity contribution is 9.10. The Morgan fingerprint density at radius 3 is 3.00 bits per heavy atom. The second-order valence-corrected chi connectivity index (χ2v) is 5.71. The minimum atomic E-state index is 0.444. The van der Waals surface area contributed by atoms with E-state index in [0.717, 1.165) is 9.50 Å². The first kappa shape index (κ1) is 10.4. The predicted molar refractivity (Wildman–Crippen MR) is 63.2 cm³/mol.